The molecule has 0 unspecified atom stereocenters. The summed E-state index contributed by atoms with van der Waals surface area (Å²) in [4.78, 5) is 0. The molecule has 56 valence electrons. The SMILES string of the molecule is Cc1cc(Br)cc2nsnc12. The fraction of sp³-hybridized carbons (Fsp3) is 0.143. The summed E-state index contributed by atoms with van der Waals surface area (Å²) >= 11 is 4.66. The third kappa shape index (κ3) is 1.16. The first kappa shape index (κ1) is 7.18. The van der Waals surface area contributed by atoms with E-state index in [1.165, 1.54) is 17.3 Å². The lowest BCUT2D eigenvalue weighted by Crippen LogP contribution is -1.76. The Kier molecular flexibility index (Phi) is 1.65. The molecule has 0 spiro atoms. The van der Waals surface area contributed by atoms with Crippen molar-refractivity contribution >= 4 is 38.7 Å². The van der Waals surface area contributed by atoms with E-state index in [4.69, 9.17) is 0 Å². The summed E-state index contributed by atoms with van der Waals surface area (Å²) in [7, 11) is 0. The molecule has 1 aromatic heterocycles. The molecule has 0 aliphatic heterocycles. The minimum Gasteiger partial charge on any atom is -0.173 e. The van der Waals surface area contributed by atoms with Gasteiger partial charge in [-0.3, -0.25) is 0 Å². The number of fused-ring (bicyclic) bond motifs is 1. The average molecular weight is 229 g/mol. The van der Waals surface area contributed by atoms with Crippen LogP contribution < -0.4 is 0 Å². The Balaban J connectivity index is 2.91. The summed E-state index contributed by atoms with van der Waals surface area (Å²) < 4.78 is 9.38. The normalized spacial score (nSPS) is 10.7. The first-order valence-corrected chi connectivity index (χ1v) is 4.68. The second-order valence-corrected chi connectivity index (χ2v) is 3.80. The van der Waals surface area contributed by atoms with Crippen molar-refractivity contribution in [3.8, 4) is 0 Å². The Morgan fingerprint density at radius 3 is 3.00 bits per heavy atom. The van der Waals surface area contributed by atoms with Gasteiger partial charge in [-0.15, -0.1) is 0 Å². The summed E-state index contributed by atoms with van der Waals surface area (Å²) in [6.45, 7) is 2.04. The summed E-state index contributed by atoms with van der Waals surface area (Å²) in [5.74, 6) is 0. The van der Waals surface area contributed by atoms with E-state index in [9.17, 15) is 0 Å². The minimum atomic E-state index is 0.974. The van der Waals surface area contributed by atoms with Crippen LogP contribution >= 0.6 is 27.7 Å². The summed E-state index contributed by atoms with van der Waals surface area (Å²) in [6.07, 6.45) is 0. The molecular formula is C7H5BrN2S. The number of hydrogen-bond acceptors (Lipinski definition) is 3. The monoisotopic (exact) mass is 228 g/mol. The van der Waals surface area contributed by atoms with Gasteiger partial charge in [0.25, 0.3) is 0 Å². The van der Waals surface area contributed by atoms with E-state index < -0.39 is 0 Å². The van der Waals surface area contributed by atoms with Gasteiger partial charge < -0.3 is 0 Å². The van der Waals surface area contributed by atoms with Crippen LogP contribution in [0.5, 0.6) is 0 Å². The van der Waals surface area contributed by atoms with Gasteiger partial charge in [-0.2, -0.15) is 8.75 Å². The highest BCUT2D eigenvalue weighted by molar-refractivity contribution is 9.10. The van der Waals surface area contributed by atoms with Gasteiger partial charge in [0.2, 0.25) is 0 Å². The zero-order chi connectivity index (χ0) is 7.84. The second-order valence-electron chi connectivity index (χ2n) is 2.35. The maximum atomic E-state index is 4.17. The summed E-state index contributed by atoms with van der Waals surface area (Å²) in [5.41, 5.74) is 3.16. The molecule has 0 aliphatic carbocycles. The van der Waals surface area contributed by atoms with E-state index in [-0.39, 0.29) is 0 Å². The van der Waals surface area contributed by atoms with Crippen LogP contribution in [0.4, 0.5) is 0 Å². The third-order valence-electron chi connectivity index (χ3n) is 1.52. The molecule has 0 aliphatic rings. The molecule has 0 atom stereocenters. The zero-order valence-electron chi connectivity index (χ0n) is 5.84. The van der Waals surface area contributed by atoms with E-state index in [0.29, 0.717) is 0 Å². The fourth-order valence-electron chi connectivity index (χ4n) is 1.01. The average Bonchev–Trinajstić information content (AvgIpc) is 2.34. The van der Waals surface area contributed by atoms with Crippen LogP contribution in [0, 0.1) is 6.92 Å². The van der Waals surface area contributed by atoms with Crippen molar-refractivity contribution in [1.82, 2.24) is 8.75 Å². The van der Waals surface area contributed by atoms with Gasteiger partial charge in [-0.25, -0.2) is 0 Å². The van der Waals surface area contributed by atoms with Crippen molar-refractivity contribution in [3.05, 3.63) is 22.2 Å². The predicted octanol–water partition coefficient (Wildman–Crippen LogP) is 2.76. The van der Waals surface area contributed by atoms with E-state index in [0.717, 1.165) is 15.5 Å². The largest absolute Gasteiger partial charge is 0.173 e. The van der Waals surface area contributed by atoms with Gasteiger partial charge in [-0.05, 0) is 24.6 Å². The Hall–Kier alpha value is -0.480. The standard InChI is InChI=1S/C7H5BrN2S/c1-4-2-5(8)3-6-7(4)10-11-9-6/h2-3H,1H3. The van der Waals surface area contributed by atoms with Crippen molar-refractivity contribution < 1.29 is 0 Å². The van der Waals surface area contributed by atoms with Crippen LogP contribution in [0.15, 0.2) is 16.6 Å². The van der Waals surface area contributed by atoms with Crippen LogP contribution in [-0.2, 0) is 0 Å². The first-order valence-electron chi connectivity index (χ1n) is 3.16. The summed E-state index contributed by atoms with van der Waals surface area (Å²) in [5, 5.41) is 0. The van der Waals surface area contributed by atoms with E-state index >= 15 is 0 Å². The highest BCUT2D eigenvalue weighted by Gasteiger charge is 2.01. The molecule has 0 bridgehead atoms. The molecule has 0 N–H and O–H groups in total. The van der Waals surface area contributed by atoms with Gasteiger partial charge in [0.15, 0.2) is 0 Å². The maximum absolute atomic E-state index is 4.17. The van der Waals surface area contributed by atoms with Gasteiger partial charge >= 0.3 is 0 Å². The van der Waals surface area contributed by atoms with Crippen LogP contribution in [0.25, 0.3) is 11.0 Å². The Morgan fingerprint density at radius 2 is 2.18 bits per heavy atom. The number of benzene rings is 1. The van der Waals surface area contributed by atoms with Gasteiger partial charge in [0.05, 0.1) is 11.7 Å². The summed E-state index contributed by atoms with van der Waals surface area (Å²) in [6, 6.07) is 4.02. The number of rotatable bonds is 0. The number of aryl methyl sites for hydroxylation is 1. The quantitative estimate of drug-likeness (QED) is 0.694. The lowest BCUT2D eigenvalue weighted by Gasteiger charge is -1.93. The molecule has 0 saturated heterocycles. The van der Waals surface area contributed by atoms with Crippen molar-refractivity contribution in [2.24, 2.45) is 0 Å². The molecule has 0 fully saturated rings. The Bertz CT molecular complexity index is 396. The number of hydrogen-bond donors (Lipinski definition) is 0. The molecule has 2 rings (SSSR count). The molecule has 4 heteroatoms. The maximum Gasteiger partial charge on any atom is 0.107 e. The molecule has 0 amide bonds. The molecule has 0 radical (unpaired) electrons. The number of aromatic nitrogens is 2. The molecule has 0 saturated carbocycles. The van der Waals surface area contributed by atoms with Gasteiger partial charge in [0.1, 0.15) is 11.0 Å². The molecule has 2 aromatic rings. The topological polar surface area (TPSA) is 25.8 Å². The zero-order valence-corrected chi connectivity index (χ0v) is 8.24. The van der Waals surface area contributed by atoms with E-state index in [1.807, 2.05) is 19.1 Å². The van der Waals surface area contributed by atoms with E-state index in [1.54, 1.807) is 0 Å². The molecule has 1 heterocycles. The molecule has 1 aromatic carbocycles. The van der Waals surface area contributed by atoms with Crippen LogP contribution in [0.2, 0.25) is 0 Å². The third-order valence-corrected chi connectivity index (χ3v) is 2.52. The lowest BCUT2D eigenvalue weighted by molar-refractivity contribution is 1.47. The Labute approximate surface area is 76.7 Å². The van der Waals surface area contributed by atoms with Gasteiger partial charge in [0, 0.05) is 4.47 Å². The highest BCUT2D eigenvalue weighted by Crippen LogP contribution is 2.21. The van der Waals surface area contributed by atoms with Crippen molar-refractivity contribution in [2.45, 2.75) is 6.92 Å². The van der Waals surface area contributed by atoms with Crippen molar-refractivity contribution in [3.63, 3.8) is 0 Å². The smallest absolute Gasteiger partial charge is 0.107 e. The number of nitrogens with zero attached hydrogens (tertiary/aromatic N) is 2. The van der Waals surface area contributed by atoms with Crippen LogP contribution in [-0.4, -0.2) is 8.75 Å². The van der Waals surface area contributed by atoms with Crippen molar-refractivity contribution in [2.75, 3.05) is 0 Å². The van der Waals surface area contributed by atoms with Crippen LogP contribution in [0.1, 0.15) is 5.56 Å². The van der Waals surface area contributed by atoms with Crippen molar-refractivity contribution in [1.29, 1.82) is 0 Å². The molecule has 11 heavy (non-hydrogen) atoms. The van der Waals surface area contributed by atoms with E-state index in [2.05, 4.69) is 24.7 Å². The number of halogens is 1. The molecular weight excluding hydrogens is 224 g/mol. The second kappa shape index (κ2) is 2.53. The lowest BCUT2D eigenvalue weighted by atomic mass is 10.2. The predicted molar refractivity (Wildman–Crippen MR) is 49.9 cm³/mol. The first-order chi connectivity index (χ1) is 5.27. The fourth-order valence-corrected chi connectivity index (χ4v) is 2.16. The Morgan fingerprint density at radius 1 is 1.36 bits per heavy atom. The van der Waals surface area contributed by atoms with Gasteiger partial charge in [-0.1, -0.05) is 15.9 Å². The molecule has 2 nitrogen and oxygen atoms in total. The van der Waals surface area contributed by atoms with Crippen LogP contribution in [0.3, 0.4) is 0 Å². The highest BCUT2D eigenvalue weighted by atomic mass is 79.9. The minimum absolute atomic E-state index is 0.974.